The van der Waals surface area contributed by atoms with Gasteiger partial charge in [-0.1, -0.05) is 0 Å². The largest absolute Gasteiger partial charge is 1.00 e. The van der Waals surface area contributed by atoms with Crippen molar-refractivity contribution in [1.82, 2.24) is 0 Å². The van der Waals surface area contributed by atoms with Crippen molar-refractivity contribution >= 4 is 0 Å². The van der Waals surface area contributed by atoms with Gasteiger partial charge in [0.05, 0.1) is 0 Å². The number of hydrogen-bond acceptors (Lipinski definition) is 0. The number of rotatable bonds is 4. The smallest absolute Gasteiger partial charge is 1.00 e. The fraction of sp³-hybridized carbons (Fsp3) is 0.636. The van der Waals surface area contributed by atoms with Gasteiger partial charge in [-0.15, -0.1) is 0 Å². The summed E-state index contributed by atoms with van der Waals surface area (Å²) >= 11 is 1.27. The summed E-state index contributed by atoms with van der Waals surface area (Å²) < 4.78 is 1.75. The summed E-state index contributed by atoms with van der Waals surface area (Å²) in [6.07, 6.45) is 8.97. The number of allylic oxidation sites excluding steroid dienone is 4. The monoisotopic (exact) mass is 399 g/mol. The molecular formula is C11H17Cl2Hf. The van der Waals surface area contributed by atoms with E-state index < -0.39 is 0 Å². The minimum atomic E-state index is 0. The van der Waals surface area contributed by atoms with Crippen LogP contribution < -0.4 is 24.8 Å². The molecule has 0 heterocycles. The molecule has 0 aromatic heterocycles. The predicted molar refractivity (Wildman–Crippen MR) is 49.5 cm³/mol. The Bertz CT molecular complexity index is 219. The average molecular weight is 399 g/mol. The Morgan fingerprint density at radius 2 is 1.71 bits per heavy atom. The van der Waals surface area contributed by atoms with Gasteiger partial charge in [0, 0.05) is 0 Å². The summed E-state index contributed by atoms with van der Waals surface area (Å²) in [5.74, 6) is 0. The van der Waals surface area contributed by atoms with Crippen LogP contribution in [0.5, 0.6) is 0 Å². The Balaban J connectivity index is 0. The van der Waals surface area contributed by atoms with Crippen molar-refractivity contribution in [2.24, 2.45) is 0 Å². The van der Waals surface area contributed by atoms with E-state index in [1.807, 2.05) is 0 Å². The van der Waals surface area contributed by atoms with Gasteiger partial charge in [-0.05, 0) is 0 Å². The van der Waals surface area contributed by atoms with E-state index in [1.165, 1.54) is 56.5 Å². The molecule has 0 radical (unpaired) electrons. The van der Waals surface area contributed by atoms with Gasteiger partial charge in [0.2, 0.25) is 0 Å². The van der Waals surface area contributed by atoms with Gasteiger partial charge >= 0.3 is 90.9 Å². The van der Waals surface area contributed by atoms with E-state index in [0.29, 0.717) is 0 Å². The third-order valence-corrected chi connectivity index (χ3v) is 4.14. The second kappa shape index (κ2) is 9.18. The minimum absolute atomic E-state index is 0. The SMILES string of the molecule is CCCC1=CC[C]([Hf+2])=C1CCC.[Cl-].[Cl-]. The maximum Gasteiger partial charge on any atom is -1.00 e. The molecule has 0 amide bonds. The zero-order valence-corrected chi connectivity index (χ0v) is 14.0. The molecule has 0 aliphatic heterocycles. The first kappa shape index (κ1) is 17.3. The molecule has 3 heteroatoms. The van der Waals surface area contributed by atoms with Crippen LogP contribution in [0.15, 0.2) is 20.6 Å². The molecule has 0 spiro atoms. The van der Waals surface area contributed by atoms with Crippen LogP contribution in [0.25, 0.3) is 0 Å². The van der Waals surface area contributed by atoms with Gasteiger partial charge in [-0.2, -0.15) is 0 Å². The average Bonchev–Trinajstić information content (AvgIpc) is 2.37. The maximum absolute atomic E-state index is 2.46. The summed E-state index contributed by atoms with van der Waals surface area (Å²) in [6.45, 7) is 4.55. The number of halogens is 2. The molecule has 0 N–H and O–H groups in total. The standard InChI is InChI=1S/C11H17.2ClH.Hf/c1-3-6-10-8-5-9-11(10)7-4-2;;;/h8H,3-7H2,1-2H3;2*1H;/q;;;+2/p-2. The van der Waals surface area contributed by atoms with Crippen molar-refractivity contribution < 1.29 is 49.2 Å². The Morgan fingerprint density at radius 3 is 2.21 bits per heavy atom. The molecule has 0 saturated carbocycles. The first-order chi connectivity index (χ1) is 5.79. The normalized spacial score (nSPS) is 14.7. The molecule has 0 bridgehead atoms. The topological polar surface area (TPSA) is 0 Å². The van der Waals surface area contributed by atoms with E-state index in [9.17, 15) is 0 Å². The fourth-order valence-electron chi connectivity index (χ4n) is 1.75. The molecule has 79 valence electrons. The molecule has 0 nitrogen and oxygen atoms in total. The van der Waals surface area contributed by atoms with Crippen LogP contribution in [0.3, 0.4) is 0 Å². The molecule has 1 rings (SSSR count). The van der Waals surface area contributed by atoms with E-state index in [-0.39, 0.29) is 24.8 Å². The van der Waals surface area contributed by atoms with E-state index in [4.69, 9.17) is 0 Å². The van der Waals surface area contributed by atoms with Crippen LogP contribution in [-0.4, -0.2) is 0 Å². The third-order valence-electron chi connectivity index (χ3n) is 2.32. The molecule has 14 heavy (non-hydrogen) atoms. The fourth-order valence-corrected chi connectivity index (χ4v) is 3.14. The molecule has 1 aliphatic carbocycles. The molecular weight excluding hydrogens is 382 g/mol. The molecule has 0 atom stereocenters. The second-order valence-corrected chi connectivity index (χ2v) is 5.56. The van der Waals surface area contributed by atoms with Gasteiger partial charge in [0.15, 0.2) is 0 Å². The predicted octanol–water partition coefficient (Wildman–Crippen LogP) is -2.27. The Kier molecular flexibility index (Phi) is 11.4. The van der Waals surface area contributed by atoms with E-state index >= 15 is 0 Å². The van der Waals surface area contributed by atoms with Crippen molar-refractivity contribution in [2.75, 3.05) is 0 Å². The molecule has 0 unspecified atom stereocenters. The summed E-state index contributed by atoms with van der Waals surface area (Å²) in [7, 11) is 0. The van der Waals surface area contributed by atoms with Crippen LogP contribution in [-0.2, 0) is 24.4 Å². The molecule has 0 fully saturated rings. The second-order valence-electron chi connectivity index (χ2n) is 3.39. The van der Waals surface area contributed by atoms with E-state index in [2.05, 4.69) is 19.9 Å². The van der Waals surface area contributed by atoms with Crippen LogP contribution >= 0.6 is 0 Å². The zero-order chi connectivity index (χ0) is 8.97. The van der Waals surface area contributed by atoms with Crippen LogP contribution in [0.1, 0.15) is 46.0 Å². The van der Waals surface area contributed by atoms with Gasteiger partial charge in [0.25, 0.3) is 0 Å². The Labute approximate surface area is 115 Å². The van der Waals surface area contributed by atoms with Crippen LogP contribution in [0.2, 0.25) is 0 Å². The third kappa shape index (κ3) is 4.63. The van der Waals surface area contributed by atoms with Crippen molar-refractivity contribution in [3.63, 3.8) is 0 Å². The zero-order valence-electron chi connectivity index (χ0n) is 8.87. The summed E-state index contributed by atoms with van der Waals surface area (Å²) in [5, 5.41) is 0. The van der Waals surface area contributed by atoms with Crippen molar-refractivity contribution in [1.29, 1.82) is 0 Å². The number of hydrogen-bond donors (Lipinski definition) is 0. The van der Waals surface area contributed by atoms with Crippen LogP contribution in [0, 0.1) is 0 Å². The molecule has 0 saturated heterocycles. The van der Waals surface area contributed by atoms with Crippen molar-refractivity contribution in [3.8, 4) is 0 Å². The summed E-state index contributed by atoms with van der Waals surface area (Å²) in [6, 6.07) is 0. The van der Waals surface area contributed by atoms with Crippen LogP contribution in [0.4, 0.5) is 0 Å². The van der Waals surface area contributed by atoms with Gasteiger partial charge < -0.3 is 24.8 Å². The Morgan fingerprint density at radius 1 is 1.14 bits per heavy atom. The first-order valence-electron chi connectivity index (χ1n) is 4.92. The van der Waals surface area contributed by atoms with Crippen molar-refractivity contribution in [3.05, 3.63) is 20.6 Å². The maximum atomic E-state index is 2.46. The first-order valence-corrected chi connectivity index (χ1v) is 6.72. The molecule has 0 aromatic carbocycles. The summed E-state index contributed by atoms with van der Waals surface area (Å²) in [5.41, 5.74) is 3.40. The molecule has 0 aromatic rings. The molecule has 1 aliphatic rings. The van der Waals surface area contributed by atoms with Gasteiger partial charge in [0.1, 0.15) is 0 Å². The van der Waals surface area contributed by atoms with Gasteiger partial charge in [-0.25, -0.2) is 0 Å². The van der Waals surface area contributed by atoms with Crippen molar-refractivity contribution in [2.45, 2.75) is 46.0 Å². The van der Waals surface area contributed by atoms with E-state index in [1.54, 1.807) is 14.5 Å². The van der Waals surface area contributed by atoms with E-state index in [0.717, 1.165) is 0 Å². The summed E-state index contributed by atoms with van der Waals surface area (Å²) in [4.78, 5) is 0. The minimum Gasteiger partial charge on any atom is -1.00 e. The van der Waals surface area contributed by atoms with Gasteiger partial charge in [-0.3, -0.25) is 0 Å². The Hall–Kier alpha value is 0.930. The quantitative estimate of drug-likeness (QED) is 0.469.